The summed E-state index contributed by atoms with van der Waals surface area (Å²) in [6.07, 6.45) is -3.41. The number of ether oxygens (including phenoxy) is 10. The van der Waals surface area contributed by atoms with Gasteiger partial charge < -0.3 is 129 Å². The summed E-state index contributed by atoms with van der Waals surface area (Å²) in [6, 6.07) is -3.30. The molecule has 45 heteroatoms. The van der Waals surface area contributed by atoms with Gasteiger partial charge in [-0.2, -0.15) is 0 Å². The lowest BCUT2D eigenvalue weighted by atomic mass is 9.87. The van der Waals surface area contributed by atoms with Gasteiger partial charge in [-0.25, -0.2) is 18.3 Å². The number of hydrogen-bond acceptors (Lipinski definition) is 34. The average molecular weight is 1740 g/mol. The van der Waals surface area contributed by atoms with E-state index in [4.69, 9.17) is 79.0 Å². The van der Waals surface area contributed by atoms with Gasteiger partial charge in [-0.15, -0.1) is 0 Å². The molecule has 0 spiro atoms. The molecule has 3 aliphatic heterocycles. The van der Waals surface area contributed by atoms with Crippen LogP contribution in [0.2, 0.25) is 0 Å². The first-order valence-corrected chi connectivity index (χ1v) is 45.4. The molecule has 3 amide bonds. The van der Waals surface area contributed by atoms with Crippen LogP contribution in [0.4, 0.5) is 0 Å². The largest absolute Gasteiger partial charge is 0.472 e. The normalized spacial score (nSPS) is 27.4. The Bertz CT molecular complexity index is 2740. The van der Waals surface area contributed by atoms with E-state index in [1.54, 1.807) is 0 Å². The molecule has 16 N–H and O–H groups in total. The number of aliphatic hydroxyl groups excluding tert-OH is 9. The van der Waals surface area contributed by atoms with Crippen molar-refractivity contribution in [2.24, 2.45) is 23.2 Å². The standard InChI is InChI=1S/C69H135N3O38P4/c1-51(76)70-60-63(82)57(79)39-54(42-73)45-101-66(60)98-28-12-8-16-33-106-112(87,88)105-32-15-7-11-25-95-48-69(23-38-94-24-10-5-6-14-31-104-111(85,86)93-4,49-96-26-18-20-35-108-113(89,90)109-36-21-19-30-100-68-62(72-53(3)78)65(84)59(81)41-56(44-75)47-103-68)50-97-27-22-37-110-114(91,92)107-34-17-9-13-29-99-67-61(71-52(2)77)64(83)58(80)40-55(43-74)46-102-67/h54-68,73-75,79-84H,5-50H2,1-4H3,(H,70,76)(H,71,77)(H,72,78)(H,85,86)(H,87,88)(H,89,90)(H,91,92)/t54?,55?,56?,57-,58-,59-,60?,61?,62?,63-,64-,65-,66+,67+,68+,69?/m0/s1. The third kappa shape index (κ3) is 48.1. The maximum absolute atomic E-state index is 12.9. The van der Waals surface area contributed by atoms with Crippen LogP contribution in [0, 0.1) is 23.2 Å². The molecule has 3 fully saturated rings. The minimum atomic E-state index is -4.52. The van der Waals surface area contributed by atoms with Gasteiger partial charge in [-0.05, 0) is 128 Å². The Morgan fingerprint density at radius 1 is 0.351 bits per heavy atom. The topological polar surface area (TPSA) is 585 Å². The van der Waals surface area contributed by atoms with Gasteiger partial charge in [0.2, 0.25) is 17.7 Å². The number of amides is 3. The first-order chi connectivity index (χ1) is 54.3. The minimum Gasteiger partial charge on any atom is -0.396 e. The Balaban J connectivity index is 1.58. The Morgan fingerprint density at radius 3 is 0.904 bits per heavy atom. The van der Waals surface area contributed by atoms with E-state index >= 15 is 0 Å². The molecule has 3 rings (SSSR count). The zero-order valence-electron chi connectivity index (χ0n) is 66.5. The zero-order valence-corrected chi connectivity index (χ0v) is 70.1. The van der Waals surface area contributed by atoms with E-state index in [0.717, 1.165) is 13.5 Å². The van der Waals surface area contributed by atoms with Gasteiger partial charge in [0, 0.05) is 124 Å². The first-order valence-electron chi connectivity index (χ1n) is 39.4. The van der Waals surface area contributed by atoms with Crippen LogP contribution in [0.3, 0.4) is 0 Å². The Hall–Kier alpha value is -1.91. The van der Waals surface area contributed by atoms with E-state index in [0.29, 0.717) is 96.5 Å². The number of nitrogens with one attached hydrogen (secondary N) is 3. The van der Waals surface area contributed by atoms with Crippen molar-refractivity contribution >= 4 is 49.0 Å². The fourth-order valence-corrected chi connectivity index (χ4v) is 14.9. The third-order valence-electron chi connectivity index (χ3n) is 18.5. The van der Waals surface area contributed by atoms with Gasteiger partial charge in [-0.1, -0.05) is 12.8 Å². The molecule has 674 valence electrons. The molecule has 0 aromatic heterocycles. The highest BCUT2D eigenvalue weighted by molar-refractivity contribution is 7.48. The number of hydrogen-bond donors (Lipinski definition) is 16. The molecule has 3 saturated heterocycles. The van der Waals surface area contributed by atoms with Crippen molar-refractivity contribution < 1.29 is 182 Å². The Morgan fingerprint density at radius 2 is 0.596 bits per heavy atom. The summed E-state index contributed by atoms with van der Waals surface area (Å²) in [5.74, 6) is -2.90. The summed E-state index contributed by atoms with van der Waals surface area (Å²) in [5.41, 5.74) is -0.881. The van der Waals surface area contributed by atoms with E-state index in [1.807, 2.05) is 0 Å². The highest BCUT2D eigenvalue weighted by atomic mass is 31.2. The van der Waals surface area contributed by atoms with Crippen molar-refractivity contribution in [1.29, 1.82) is 0 Å². The van der Waals surface area contributed by atoms with Crippen molar-refractivity contribution in [1.82, 2.24) is 16.0 Å². The van der Waals surface area contributed by atoms with Crippen LogP contribution < -0.4 is 16.0 Å². The van der Waals surface area contributed by atoms with Crippen molar-refractivity contribution in [2.45, 2.75) is 236 Å². The number of aliphatic hydroxyl groups is 9. The number of carbonyl (C=O) groups is 3. The van der Waals surface area contributed by atoms with Crippen LogP contribution in [0.5, 0.6) is 0 Å². The maximum atomic E-state index is 12.9. The van der Waals surface area contributed by atoms with Gasteiger partial charge in [0.25, 0.3) is 0 Å². The summed E-state index contributed by atoms with van der Waals surface area (Å²) < 4.78 is 151. The van der Waals surface area contributed by atoms with E-state index in [2.05, 4.69) is 20.5 Å². The van der Waals surface area contributed by atoms with Crippen molar-refractivity contribution in [2.75, 3.05) is 166 Å². The van der Waals surface area contributed by atoms with Gasteiger partial charge in [0.05, 0.1) is 104 Å². The summed E-state index contributed by atoms with van der Waals surface area (Å²) in [5, 5.41) is 101. The van der Waals surface area contributed by atoms with Crippen molar-refractivity contribution in [3.05, 3.63) is 0 Å². The van der Waals surface area contributed by atoms with E-state index < -0.39 is 146 Å². The lowest BCUT2D eigenvalue weighted by Crippen LogP contribution is -2.58. The number of carbonyl (C=O) groups excluding carboxylic acids is 3. The average Bonchev–Trinajstić information content (AvgIpc) is 0.847. The highest BCUT2D eigenvalue weighted by Gasteiger charge is 2.42. The Labute approximate surface area is 668 Å². The predicted molar refractivity (Wildman–Crippen MR) is 403 cm³/mol. The molecule has 11 unspecified atom stereocenters. The Kier molecular flexibility index (Phi) is 56.5. The van der Waals surface area contributed by atoms with E-state index in [-0.39, 0.29) is 197 Å². The SMILES string of the molecule is COP(=O)(O)OCCCCCCOCCC(COCCCCCOP(=O)(O)OCCCCCO[C@@H]1OCC(CO)C[C@H](O)[C@H](O)C1NC(C)=O)(COCCCCOP(=O)(O)OCCCCO[C@@H]1OCC(CO)C[C@H](O)[C@H](O)C1NC(C)=O)COCCCOP(=O)(O)OCCCCCO[C@@H]1OCC(CO)C[C@H](O)[C@H](O)C1NC(C)=O. The minimum absolute atomic E-state index is 0.00413. The summed E-state index contributed by atoms with van der Waals surface area (Å²) in [7, 11) is -16.5. The van der Waals surface area contributed by atoms with Crippen LogP contribution in [-0.2, 0) is 116 Å². The number of phosphoric ester groups is 4. The van der Waals surface area contributed by atoms with Crippen molar-refractivity contribution in [3.8, 4) is 0 Å². The molecule has 0 aliphatic carbocycles. The van der Waals surface area contributed by atoms with Crippen LogP contribution in [-0.4, -0.2) is 323 Å². The molecular weight excluding hydrogens is 1600 g/mol. The van der Waals surface area contributed by atoms with Crippen molar-refractivity contribution in [3.63, 3.8) is 0 Å². The third-order valence-corrected chi connectivity index (χ3v) is 22.5. The smallest absolute Gasteiger partial charge is 0.396 e. The number of rotatable bonds is 65. The van der Waals surface area contributed by atoms with E-state index in [9.17, 15) is 98.2 Å². The van der Waals surface area contributed by atoms with Crippen LogP contribution >= 0.6 is 31.3 Å². The second-order valence-corrected chi connectivity index (χ2v) is 34.6. The lowest BCUT2D eigenvalue weighted by Gasteiger charge is -2.37. The molecule has 0 bridgehead atoms. The summed E-state index contributed by atoms with van der Waals surface area (Å²) in [6.45, 7) is 3.23. The molecule has 0 radical (unpaired) electrons. The van der Waals surface area contributed by atoms with Crippen LogP contribution in [0.15, 0.2) is 0 Å². The molecule has 0 aromatic rings. The fourth-order valence-electron chi connectivity index (χ4n) is 12.0. The quantitative estimate of drug-likeness (QED) is 0.0307. The molecule has 114 heavy (non-hydrogen) atoms. The molecule has 41 nitrogen and oxygen atoms in total. The number of phosphoric acid groups is 4. The van der Waals surface area contributed by atoms with Gasteiger partial charge in [0.15, 0.2) is 18.9 Å². The van der Waals surface area contributed by atoms with Gasteiger partial charge in [-0.3, -0.25) is 50.6 Å². The first kappa shape index (κ1) is 106. The molecule has 0 saturated carbocycles. The van der Waals surface area contributed by atoms with Gasteiger partial charge in [0.1, 0.15) is 36.4 Å². The summed E-state index contributed by atoms with van der Waals surface area (Å²) in [4.78, 5) is 76.7. The monoisotopic (exact) mass is 1740 g/mol. The number of unbranched alkanes of at least 4 members (excludes halogenated alkanes) is 11. The zero-order chi connectivity index (χ0) is 84.3. The molecule has 0 aromatic carbocycles. The molecule has 20 atom stereocenters. The van der Waals surface area contributed by atoms with Crippen LogP contribution in [0.1, 0.15) is 162 Å². The second kappa shape index (κ2) is 60.6. The van der Waals surface area contributed by atoms with E-state index in [1.165, 1.54) is 20.8 Å². The second-order valence-electron chi connectivity index (χ2n) is 28.7. The molecule has 3 heterocycles. The molecular formula is C69H135N3O38P4. The fraction of sp³-hybridized carbons (Fsp3) is 0.957. The van der Waals surface area contributed by atoms with Crippen LogP contribution in [0.25, 0.3) is 0 Å². The predicted octanol–water partition coefficient (Wildman–Crippen LogP) is 2.41. The van der Waals surface area contributed by atoms with Gasteiger partial charge >= 0.3 is 31.3 Å². The highest BCUT2D eigenvalue weighted by Crippen LogP contribution is 2.46. The molecule has 3 aliphatic rings. The maximum Gasteiger partial charge on any atom is 0.472 e. The lowest BCUT2D eigenvalue weighted by molar-refractivity contribution is -0.206. The summed E-state index contributed by atoms with van der Waals surface area (Å²) >= 11 is 0.